The first-order chi connectivity index (χ1) is 17.0. The minimum absolute atomic E-state index is 0.0123. The molecule has 1 aliphatic carbocycles. The van der Waals surface area contributed by atoms with E-state index in [0.29, 0.717) is 11.1 Å². The SMILES string of the molecule is COc1ccccc1CN(CC1NC(=O)C2CCCCC2N1)S(=O)(=O)c1cccc2ccccc12. The minimum atomic E-state index is -3.91. The van der Waals surface area contributed by atoms with Crippen LogP contribution in [0.2, 0.25) is 0 Å². The molecule has 3 aromatic carbocycles. The molecule has 1 heterocycles. The molecule has 3 aromatic rings. The number of carbonyl (C=O) groups is 1. The van der Waals surface area contributed by atoms with Crippen molar-refractivity contribution in [1.82, 2.24) is 14.9 Å². The summed E-state index contributed by atoms with van der Waals surface area (Å²) in [4.78, 5) is 13.1. The summed E-state index contributed by atoms with van der Waals surface area (Å²) in [7, 11) is -2.33. The first kappa shape index (κ1) is 23.8. The number of hydrogen-bond acceptors (Lipinski definition) is 5. The minimum Gasteiger partial charge on any atom is -0.496 e. The van der Waals surface area contributed by atoms with Crippen LogP contribution in [0.4, 0.5) is 0 Å². The molecule has 0 aromatic heterocycles. The quantitative estimate of drug-likeness (QED) is 0.525. The van der Waals surface area contributed by atoms with Crippen LogP contribution in [0.15, 0.2) is 71.6 Å². The van der Waals surface area contributed by atoms with E-state index in [4.69, 9.17) is 4.74 Å². The van der Waals surface area contributed by atoms with Gasteiger partial charge in [-0.25, -0.2) is 8.42 Å². The molecule has 1 saturated heterocycles. The zero-order valence-corrected chi connectivity index (χ0v) is 20.6. The molecule has 2 fully saturated rings. The van der Waals surface area contributed by atoms with Crippen LogP contribution in [-0.2, 0) is 21.4 Å². The Balaban J connectivity index is 1.51. The van der Waals surface area contributed by atoms with Gasteiger partial charge in [0.25, 0.3) is 0 Å². The molecule has 0 bridgehead atoms. The lowest BCUT2D eigenvalue weighted by atomic mass is 9.82. The molecule has 3 atom stereocenters. The standard InChI is InChI=1S/C27H31N3O4S/c1-34-24-15-7-3-10-20(24)17-30(18-26-28-23-14-6-5-13-22(23)27(31)29-26)35(32,33)25-16-8-11-19-9-2-4-12-21(19)25/h2-4,7-12,15-16,22-23,26,28H,5-6,13-14,17-18H2,1H3,(H,29,31). The van der Waals surface area contributed by atoms with E-state index in [9.17, 15) is 13.2 Å². The highest BCUT2D eigenvalue weighted by Gasteiger charge is 2.39. The number of hydrogen-bond donors (Lipinski definition) is 2. The summed E-state index contributed by atoms with van der Waals surface area (Å²) >= 11 is 0. The van der Waals surface area contributed by atoms with E-state index in [0.717, 1.165) is 36.6 Å². The van der Waals surface area contributed by atoms with Crippen LogP contribution >= 0.6 is 0 Å². The number of ether oxygens (including phenoxy) is 1. The highest BCUT2D eigenvalue weighted by atomic mass is 32.2. The number of rotatable bonds is 7. The molecule has 184 valence electrons. The number of benzene rings is 3. The Hall–Kier alpha value is -2.94. The second-order valence-electron chi connectivity index (χ2n) is 9.31. The normalized spacial score (nSPS) is 22.6. The van der Waals surface area contributed by atoms with Crippen LogP contribution in [0.3, 0.4) is 0 Å². The van der Waals surface area contributed by atoms with Gasteiger partial charge in [-0.05, 0) is 30.4 Å². The van der Waals surface area contributed by atoms with Crippen molar-refractivity contribution in [3.05, 3.63) is 72.3 Å². The predicted octanol–water partition coefficient (Wildman–Crippen LogP) is 3.64. The first-order valence-corrected chi connectivity index (χ1v) is 13.6. The summed E-state index contributed by atoms with van der Waals surface area (Å²) in [6.45, 7) is 0.232. The molecule has 7 nitrogen and oxygen atoms in total. The van der Waals surface area contributed by atoms with E-state index in [-0.39, 0.29) is 35.9 Å². The fraction of sp³-hybridized carbons (Fsp3) is 0.370. The summed E-state index contributed by atoms with van der Waals surface area (Å²) in [6.07, 6.45) is 3.46. The van der Waals surface area contributed by atoms with Crippen LogP contribution in [0, 0.1) is 5.92 Å². The average Bonchev–Trinajstić information content (AvgIpc) is 2.88. The van der Waals surface area contributed by atoms with E-state index in [1.165, 1.54) is 4.31 Å². The van der Waals surface area contributed by atoms with Gasteiger partial charge in [-0.2, -0.15) is 4.31 Å². The fourth-order valence-electron chi connectivity index (χ4n) is 5.36. The summed E-state index contributed by atoms with van der Waals surface area (Å²) in [6, 6.07) is 20.3. The van der Waals surface area contributed by atoms with Crippen LogP contribution in [0.1, 0.15) is 31.2 Å². The Morgan fingerprint density at radius 1 is 0.971 bits per heavy atom. The van der Waals surface area contributed by atoms with Crippen LogP contribution in [0.5, 0.6) is 5.75 Å². The van der Waals surface area contributed by atoms with Gasteiger partial charge in [-0.3, -0.25) is 10.1 Å². The Kier molecular flexibility index (Phi) is 6.77. The third-order valence-corrected chi connectivity index (χ3v) is 9.00. The van der Waals surface area contributed by atoms with Crippen LogP contribution in [0.25, 0.3) is 10.8 Å². The fourth-order valence-corrected chi connectivity index (χ4v) is 7.00. The molecule has 5 rings (SSSR count). The summed E-state index contributed by atoms with van der Waals surface area (Å²) in [5.41, 5.74) is 0.761. The smallest absolute Gasteiger partial charge is 0.244 e. The Labute approximate surface area is 206 Å². The van der Waals surface area contributed by atoms with Gasteiger partial charge in [0.05, 0.1) is 24.1 Å². The lowest BCUT2D eigenvalue weighted by Gasteiger charge is -2.41. The highest BCUT2D eigenvalue weighted by Crippen LogP contribution is 2.30. The zero-order chi connectivity index (χ0) is 24.4. The third-order valence-electron chi connectivity index (χ3n) is 7.13. The molecular weight excluding hydrogens is 462 g/mol. The van der Waals surface area contributed by atoms with Gasteiger partial charge in [0.15, 0.2) is 0 Å². The van der Waals surface area contributed by atoms with Gasteiger partial charge >= 0.3 is 0 Å². The maximum atomic E-state index is 14.1. The van der Waals surface area contributed by atoms with Crippen molar-refractivity contribution >= 4 is 26.7 Å². The second-order valence-corrected chi connectivity index (χ2v) is 11.2. The molecule has 0 spiro atoms. The number of nitrogens with zero attached hydrogens (tertiary/aromatic N) is 1. The van der Waals surface area contributed by atoms with Crippen molar-refractivity contribution in [2.24, 2.45) is 5.92 Å². The highest BCUT2D eigenvalue weighted by molar-refractivity contribution is 7.89. The third kappa shape index (κ3) is 4.78. The Morgan fingerprint density at radius 3 is 2.57 bits per heavy atom. The largest absolute Gasteiger partial charge is 0.496 e. The zero-order valence-electron chi connectivity index (χ0n) is 19.8. The number of methoxy groups -OCH3 is 1. The summed E-state index contributed by atoms with van der Waals surface area (Å²) in [5.74, 6) is 0.592. The molecule has 2 aliphatic rings. The van der Waals surface area contributed by atoms with Crippen molar-refractivity contribution in [2.45, 2.75) is 49.3 Å². The Bertz CT molecular complexity index is 1320. The first-order valence-electron chi connectivity index (χ1n) is 12.1. The van der Waals surface area contributed by atoms with Crippen LogP contribution < -0.4 is 15.4 Å². The summed E-state index contributed by atoms with van der Waals surface area (Å²) in [5, 5.41) is 8.09. The van der Waals surface area contributed by atoms with E-state index < -0.39 is 16.2 Å². The molecule has 2 N–H and O–H groups in total. The number of sulfonamides is 1. The lowest BCUT2D eigenvalue weighted by molar-refractivity contribution is -0.130. The molecular formula is C27H31N3O4S. The van der Waals surface area contributed by atoms with Gasteiger partial charge < -0.3 is 10.1 Å². The topological polar surface area (TPSA) is 87.7 Å². The van der Waals surface area contributed by atoms with E-state index in [2.05, 4.69) is 10.6 Å². The molecule has 1 saturated carbocycles. The summed E-state index contributed by atoms with van der Waals surface area (Å²) < 4.78 is 35.2. The van der Waals surface area contributed by atoms with Gasteiger partial charge in [0.1, 0.15) is 5.75 Å². The molecule has 1 amide bonds. The second kappa shape index (κ2) is 9.97. The van der Waals surface area contributed by atoms with E-state index in [1.807, 2.05) is 54.6 Å². The maximum Gasteiger partial charge on any atom is 0.244 e. The number of carbonyl (C=O) groups excluding carboxylic acids is 1. The van der Waals surface area contributed by atoms with Gasteiger partial charge in [-0.15, -0.1) is 0 Å². The Morgan fingerprint density at radius 2 is 1.71 bits per heavy atom. The molecule has 8 heteroatoms. The van der Waals surface area contributed by atoms with E-state index in [1.54, 1.807) is 19.2 Å². The monoisotopic (exact) mass is 493 g/mol. The van der Waals surface area contributed by atoms with Crippen molar-refractivity contribution in [3.8, 4) is 5.75 Å². The molecule has 3 unspecified atom stereocenters. The molecule has 0 radical (unpaired) electrons. The maximum absolute atomic E-state index is 14.1. The lowest BCUT2D eigenvalue weighted by Crippen LogP contribution is -2.65. The number of nitrogens with one attached hydrogen (secondary N) is 2. The number of amides is 1. The molecule has 1 aliphatic heterocycles. The van der Waals surface area contributed by atoms with Gasteiger partial charge in [0.2, 0.25) is 15.9 Å². The van der Waals surface area contributed by atoms with Crippen molar-refractivity contribution < 1.29 is 17.9 Å². The predicted molar refractivity (Wildman–Crippen MR) is 135 cm³/mol. The van der Waals surface area contributed by atoms with E-state index >= 15 is 0 Å². The molecule has 35 heavy (non-hydrogen) atoms. The van der Waals surface area contributed by atoms with Gasteiger partial charge in [-0.1, -0.05) is 67.4 Å². The van der Waals surface area contributed by atoms with Crippen LogP contribution in [-0.4, -0.2) is 44.5 Å². The van der Waals surface area contributed by atoms with Crippen molar-refractivity contribution in [2.75, 3.05) is 13.7 Å². The number of fused-ring (bicyclic) bond motifs is 2. The number of para-hydroxylation sites is 1. The van der Waals surface area contributed by atoms with Crippen molar-refractivity contribution in [1.29, 1.82) is 0 Å². The van der Waals surface area contributed by atoms with Crippen molar-refractivity contribution in [3.63, 3.8) is 0 Å². The average molecular weight is 494 g/mol. The van der Waals surface area contributed by atoms with Gasteiger partial charge in [0, 0.05) is 30.1 Å².